The summed E-state index contributed by atoms with van der Waals surface area (Å²) in [5, 5.41) is 14.1. The Bertz CT molecular complexity index is 558. The Morgan fingerprint density at radius 3 is 2.06 bits per heavy atom. The van der Waals surface area contributed by atoms with E-state index in [1.54, 1.807) is 6.92 Å². The fourth-order valence-electron chi connectivity index (χ4n) is 2.52. The molecule has 0 aliphatic heterocycles. The molecule has 0 radical (unpaired) electrons. The fourth-order valence-corrected chi connectivity index (χ4v) is 2.52. The first-order chi connectivity index (χ1) is 15.9. The van der Waals surface area contributed by atoms with E-state index < -0.39 is 12.0 Å². The number of aliphatic carboxylic acids is 1. The molecule has 11 nitrogen and oxygen atoms in total. The number of hydrogen-bond donors (Lipinski definition) is 3. The van der Waals surface area contributed by atoms with Crippen LogP contribution in [0.3, 0.4) is 0 Å². The molecule has 0 aromatic heterocycles. The first-order valence-electron chi connectivity index (χ1n) is 11.5. The lowest BCUT2D eigenvalue weighted by atomic mass is 10.1. The molecule has 3 N–H and O–H groups in total. The number of carboxylic acid groups (broad SMARTS) is 1. The molecule has 0 heterocycles. The summed E-state index contributed by atoms with van der Waals surface area (Å²) in [6.07, 6.45) is 2.08. The third kappa shape index (κ3) is 20.3. The maximum absolute atomic E-state index is 11.9. The van der Waals surface area contributed by atoms with Gasteiger partial charge in [-0.05, 0) is 19.3 Å². The summed E-state index contributed by atoms with van der Waals surface area (Å²) < 4.78 is 21.2. The number of carboxylic acids is 1. The van der Waals surface area contributed by atoms with Crippen LogP contribution in [0.15, 0.2) is 0 Å². The lowest BCUT2D eigenvalue weighted by Crippen LogP contribution is -2.40. The molecule has 0 aromatic carbocycles. The summed E-state index contributed by atoms with van der Waals surface area (Å²) in [6, 6.07) is -1.05. The minimum atomic E-state index is -1.15. The van der Waals surface area contributed by atoms with E-state index in [-0.39, 0.29) is 56.5 Å². The molecule has 0 saturated heterocycles. The van der Waals surface area contributed by atoms with Gasteiger partial charge in [-0.25, -0.2) is 4.79 Å². The van der Waals surface area contributed by atoms with E-state index in [0.29, 0.717) is 46.0 Å². The molecule has 0 bridgehead atoms. The number of amides is 2. The Hall–Kier alpha value is -2.08. The Morgan fingerprint density at radius 1 is 0.788 bits per heavy atom. The number of carbonyl (C=O) groups is 4. The van der Waals surface area contributed by atoms with E-state index in [1.165, 1.54) is 0 Å². The fraction of sp³-hybridized carbons (Fsp3) is 0.818. The topological polar surface area (TPSA) is 149 Å². The van der Waals surface area contributed by atoms with E-state index in [0.717, 1.165) is 13.0 Å². The summed E-state index contributed by atoms with van der Waals surface area (Å²) in [5.74, 6) is -1.83. The first-order valence-corrected chi connectivity index (χ1v) is 11.5. The van der Waals surface area contributed by atoms with Crippen molar-refractivity contribution in [1.29, 1.82) is 0 Å². The van der Waals surface area contributed by atoms with Gasteiger partial charge in [0.15, 0.2) is 0 Å². The Balaban J connectivity index is 3.55. The highest BCUT2D eigenvalue weighted by molar-refractivity contribution is 5.84. The molecule has 11 heteroatoms. The van der Waals surface area contributed by atoms with Gasteiger partial charge in [0.05, 0.1) is 33.0 Å². The predicted octanol–water partition coefficient (Wildman–Crippen LogP) is 0.688. The second-order valence-electron chi connectivity index (χ2n) is 7.23. The molecule has 0 spiro atoms. The molecule has 0 aliphatic carbocycles. The highest BCUT2D eigenvalue weighted by Gasteiger charge is 2.20. The summed E-state index contributed by atoms with van der Waals surface area (Å²) in [6.45, 7) is 7.07. The van der Waals surface area contributed by atoms with E-state index >= 15 is 0 Å². The molecule has 1 unspecified atom stereocenters. The average Bonchev–Trinajstić information content (AvgIpc) is 2.79. The van der Waals surface area contributed by atoms with E-state index in [4.69, 9.17) is 24.1 Å². The Morgan fingerprint density at radius 2 is 1.42 bits per heavy atom. The van der Waals surface area contributed by atoms with Crippen LogP contribution in [0.25, 0.3) is 0 Å². The molecule has 0 fully saturated rings. The van der Waals surface area contributed by atoms with Crippen molar-refractivity contribution in [1.82, 2.24) is 10.6 Å². The van der Waals surface area contributed by atoms with Gasteiger partial charge in [0.1, 0.15) is 18.4 Å². The minimum absolute atomic E-state index is 0.0656. The van der Waals surface area contributed by atoms with E-state index in [2.05, 4.69) is 10.6 Å². The van der Waals surface area contributed by atoms with Crippen molar-refractivity contribution in [3.05, 3.63) is 0 Å². The third-order valence-corrected chi connectivity index (χ3v) is 4.30. The summed E-state index contributed by atoms with van der Waals surface area (Å²) in [4.78, 5) is 45.9. The molecule has 0 aromatic rings. The van der Waals surface area contributed by atoms with Crippen LogP contribution in [-0.2, 0) is 38.1 Å². The van der Waals surface area contributed by atoms with Crippen molar-refractivity contribution >= 4 is 23.6 Å². The molecule has 0 saturated carbocycles. The Labute approximate surface area is 195 Å². The number of rotatable bonds is 23. The van der Waals surface area contributed by atoms with Crippen molar-refractivity contribution in [2.75, 3.05) is 59.4 Å². The minimum Gasteiger partial charge on any atom is -0.480 e. The molecule has 1 atom stereocenters. The molecular formula is C22H40N2O9. The second kappa shape index (κ2) is 21.7. The second-order valence-corrected chi connectivity index (χ2v) is 7.23. The molecule has 2 amide bonds. The van der Waals surface area contributed by atoms with E-state index in [9.17, 15) is 19.2 Å². The van der Waals surface area contributed by atoms with Crippen LogP contribution >= 0.6 is 0 Å². The van der Waals surface area contributed by atoms with Gasteiger partial charge < -0.3 is 34.7 Å². The highest BCUT2D eigenvalue weighted by atomic mass is 16.5. The smallest absolute Gasteiger partial charge is 0.326 e. The quantitative estimate of drug-likeness (QED) is 0.181. The van der Waals surface area contributed by atoms with Crippen LogP contribution in [0.1, 0.15) is 52.4 Å². The lowest BCUT2D eigenvalue weighted by molar-refractivity contribution is -0.142. The van der Waals surface area contributed by atoms with Gasteiger partial charge in [0.25, 0.3) is 0 Å². The van der Waals surface area contributed by atoms with Crippen LogP contribution in [0.5, 0.6) is 0 Å². The maximum atomic E-state index is 11.9. The maximum Gasteiger partial charge on any atom is 0.326 e. The normalized spacial score (nSPS) is 11.7. The molecule has 33 heavy (non-hydrogen) atoms. The van der Waals surface area contributed by atoms with Crippen LogP contribution < -0.4 is 10.6 Å². The Kier molecular flexibility index (Phi) is 20.4. The van der Waals surface area contributed by atoms with E-state index in [1.807, 2.05) is 6.92 Å². The average molecular weight is 477 g/mol. The van der Waals surface area contributed by atoms with Gasteiger partial charge >= 0.3 is 5.97 Å². The van der Waals surface area contributed by atoms with Crippen LogP contribution in [0, 0.1) is 0 Å². The van der Waals surface area contributed by atoms with Crippen molar-refractivity contribution in [2.24, 2.45) is 0 Å². The number of hydrogen-bond acceptors (Lipinski definition) is 8. The van der Waals surface area contributed by atoms with Crippen molar-refractivity contribution in [3.63, 3.8) is 0 Å². The first kappa shape index (κ1) is 30.9. The number of ether oxygens (including phenoxy) is 4. The zero-order valence-electron chi connectivity index (χ0n) is 19.9. The molecular weight excluding hydrogens is 436 g/mol. The van der Waals surface area contributed by atoms with Gasteiger partial charge in [-0.3, -0.25) is 14.4 Å². The van der Waals surface area contributed by atoms with Crippen molar-refractivity contribution in [2.45, 2.75) is 58.4 Å². The predicted molar refractivity (Wildman–Crippen MR) is 120 cm³/mol. The van der Waals surface area contributed by atoms with Crippen LogP contribution in [0.4, 0.5) is 0 Å². The number of carbonyl (C=O) groups excluding carboxylic acids is 3. The third-order valence-electron chi connectivity index (χ3n) is 4.30. The van der Waals surface area contributed by atoms with Crippen LogP contribution in [-0.4, -0.2) is 94.1 Å². The van der Waals surface area contributed by atoms with Gasteiger partial charge in [0.2, 0.25) is 11.8 Å². The van der Waals surface area contributed by atoms with Crippen LogP contribution in [0.2, 0.25) is 0 Å². The SMILES string of the molecule is CCCOCCOCCNC(=O)COCCOCCCC(=O)CCC(NC(=O)CC)C(=O)O. The van der Waals surface area contributed by atoms with Crippen molar-refractivity contribution in [3.8, 4) is 0 Å². The van der Waals surface area contributed by atoms with Gasteiger partial charge in [-0.15, -0.1) is 0 Å². The summed E-state index contributed by atoms with van der Waals surface area (Å²) in [5.41, 5.74) is 0. The van der Waals surface area contributed by atoms with Gasteiger partial charge in [0, 0.05) is 39.0 Å². The number of nitrogens with one attached hydrogen (secondary N) is 2. The number of Topliss-reactive ketones (excluding diaryl/α,β-unsaturated/α-hetero) is 1. The monoisotopic (exact) mass is 476 g/mol. The van der Waals surface area contributed by atoms with Gasteiger partial charge in [-0.1, -0.05) is 13.8 Å². The van der Waals surface area contributed by atoms with Crippen molar-refractivity contribution < 1.29 is 43.2 Å². The molecule has 0 rings (SSSR count). The van der Waals surface area contributed by atoms with Gasteiger partial charge in [-0.2, -0.15) is 0 Å². The molecule has 0 aliphatic rings. The lowest BCUT2D eigenvalue weighted by Gasteiger charge is -2.13. The summed E-state index contributed by atoms with van der Waals surface area (Å²) in [7, 11) is 0. The largest absolute Gasteiger partial charge is 0.480 e. The highest BCUT2D eigenvalue weighted by Crippen LogP contribution is 2.04. The molecule has 192 valence electrons. The standard InChI is InChI=1S/C22H40N2O9/c1-3-10-30-13-14-32-12-9-23-21(27)17-33-16-15-31-11-5-6-18(25)7-8-19(22(28)29)24-20(26)4-2/h19H,3-17H2,1-2H3,(H,23,27)(H,24,26)(H,28,29). The zero-order valence-corrected chi connectivity index (χ0v) is 19.9. The zero-order chi connectivity index (χ0) is 24.7. The number of ketones is 1. The summed E-state index contributed by atoms with van der Waals surface area (Å²) >= 11 is 0.